The summed E-state index contributed by atoms with van der Waals surface area (Å²) in [5.41, 5.74) is 1.19. The molecule has 2 amide bonds. The maximum Gasteiger partial charge on any atom is 0.264 e. The van der Waals surface area contributed by atoms with Gasteiger partial charge in [-0.25, -0.2) is 8.42 Å². The molecule has 0 spiro atoms. The van der Waals surface area contributed by atoms with Crippen LogP contribution in [0.5, 0.6) is 0 Å². The molecule has 1 N–H and O–H groups in total. The third-order valence-electron chi connectivity index (χ3n) is 5.84. The van der Waals surface area contributed by atoms with Crippen molar-refractivity contribution in [3.05, 3.63) is 95.0 Å². The Hall–Kier alpha value is -3.17. The number of hydrogen-bond donors (Lipinski definition) is 1. The minimum atomic E-state index is -4.07. The fraction of sp³-hybridized carbons (Fsp3) is 0.286. The largest absolute Gasteiger partial charge is 0.354 e. The third-order valence-corrected chi connectivity index (χ3v) is 8.12. The highest BCUT2D eigenvalue weighted by molar-refractivity contribution is 9.10. The smallest absolute Gasteiger partial charge is 0.264 e. The Kier molecular flexibility index (Phi) is 10.3. The summed E-state index contributed by atoms with van der Waals surface area (Å²) >= 11 is 3.40. The number of amides is 2. The summed E-state index contributed by atoms with van der Waals surface area (Å²) in [4.78, 5) is 28.5. The molecule has 1 atom stereocenters. The first-order valence-corrected chi connectivity index (χ1v) is 14.5. The standard InChI is InChI=1S/C28H32BrN3O4S/c1-3-18-30-28(34)26(4-2)31(20-22-12-7-5-8-13-22)27(33)21-32(24-15-11-14-23(29)19-24)37(35,36)25-16-9-6-10-17-25/h5-17,19,26H,3-4,18,20-21H2,1-2H3,(H,30,34)/t26-/m0/s1. The van der Waals surface area contributed by atoms with Crippen molar-refractivity contribution in [3.8, 4) is 0 Å². The van der Waals surface area contributed by atoms with Gasteiger partial charge in [0, 0.05) is 17.6 Å². The highest BCUT2D eigenvalue weighted by Gasteiger charge is 2.33. The Morgan fingerprint density at radius 2 is 1.57 bits per heavy atom. The van der Waals surface area contributed by atoms with E-state index in [-0.39, 0.29) is 17.3 Å². The van der Waals surface area contributed by atoms with Crippen LogP contribution in [0.4, 0.5) is 5.69 Å². The van der Waals surface area contributed by atoms with Gasteiger partial charge in [-0.15, -0.1) is 0 Å². The van der Waals surface area contributed by atoms with Crippen LogP contribution in [0.25, 0.3) is 0 Å². The van der Waals surface area contributed by atoms with Crippen LogP contribution in [0.1, 0.15) is 32.3 Å². The second-order valence-electron chi connectivity index (χ2n) is 8.53. The zero-order chi connectivity index (χ0) is 26.8. The normalized spacial score (nSPS) is 12.0. The minimum absolute atomic E-state index is 0.0742. The van der Waals surface area contributed by atoms with Crippen LogP contribution in [0.2, 0.25) is 0 Å². The van der Waals surface area contributed by atoms with E-state index in [2.05, 4.69) is 21.2 Å². The Morgan fingerprint density at radius 1 is 0.919 bits per heavy atom. The molecule has 0 aliphatic heterocycles. The quantitative estimate of drug-likeness (QED) is 0.325. The molecule has 0 aliphatic carbocycles. The average Bonchev–Trinajstić information content (AvgIpc) is 2.91. The molecule has 3 aromatic carbocycles. The lowest BCUT2D eigenvalue weighted by atomic mass is 10.1. The molecule has 196 valence electrons. The van der Waals surface area contributed by atoms with Gasteiger partial charge in [0.1, 0.15) is 12.6 Å². The van der Waals surface area contributed by atoms with Crippen molar-refractivity contribution in [1.82, 2.24) is 10.2 Å². The first-order chi connectivity index (χ1) is 17.8. The number of halogens is 1. The van der Waals surface area contributed by atoms with Gasteiger partial charge < -0.3 is 10.2 Å². The Morgan fingerprint density at radius 3 is 2.16 bits per heavy atom. The second-order valence-corrected chi connectivity index (χ2v) is 11.3. The van der Waals surface area contributed by atoms with Gasteiger partial charge in [-0.3, -0.25) is 13.9 Å². The van der Waals surface area contributed by atoms with Crippen molar-refractivity contribution in [3.63, 3.8) is 0 Å². The summed E-state index contributed by atoms with van der Waals surface area (Å²) in [7, 11) is -4.07. The SMILES string of the molecule is CCCNC(=O)[C@H](CC)N(Cc1ccccc1)C(=O)CN(c1cccc(Br)c1)S(=O)(=O)c1ccccc1. The number of benzene rings is 3. The van der Waals surface area contributed by atoms with E-state index in [9.17, 15) is 18.0 Å². The highest BCUT2D eigenvalue weighted by Crippen LogP contribution is 2.27. The molecule has 0 saturated carbocycles. The monoisotopic (exact) mass is 585 g/mol. The number of nitrogens with zero attached hydrogens (tertiary/aromatic N) is 2. The summed E-state index contributed by atoms with van der Waals surface area (Å²) in [5, 5.41) is 2.88. The van der Waals surface area contributed by atoms with Crippen molar-refractivity contribution in [2.75, 3.05) is 17.4 Å². The summed E-state index contributed by atoms with van der Waals surface area (Å²) in [6, 6.07) is 23.4. The number of anilines is 1. The molecule has 0 unspecified atom stereocenters. The number of sulfonamides is 1. The van der Waals surface area contributed by atoms with Crippen molar-refractivity contribution < 1.29 is 18.0 Å². The van der Waals surface area contributed by atoms with Crippen LogP contribution in [0.3, 0.4) is 0 Å². The lowest BCUT2D eigenvalue weighted by molar-refractivity contribution is -0.140. The van der Waals surface area contributed by atoms with Crippen molar-refractivity contribution in [2.45, 2.75) is 44.2 Å². The van der Waals surface area contributed by atoms with Gasteiger partial charge in [0.2, 0.25) is 11.8 Å². The van der Waals surface area contributed by atoms with Crippen LogP contribution < -0.4 is 9.62 Å². The Bertz CT molecular complexity index is 1290. The van der Waals surface area contributed by atoms with Crippen LogP contribution in [-0.2, 0) is 26.2 Å². The summed E-state index contributed by atoms with van der Waals surface area (Å²) in [6.45, 7) is 4.01. The zero-order valence-electron chi connectivity index (χ0n) is 21.0. The maximum atomic E-state index is 13.9. The summed E-state index contributed by atoms with van der Waals surface area (Å²) in [5.74, 6) is -0.726. The molecule has 0 fully saturated rings. The van der Waals surface area contributed by atoms with E-state index >= 15 is 0 Å². The topological polar surface area (TPSA) is 86.8 Å². The molecule has 9 heteroatoms. The molecule has 0 aromatic heterocycles. The van der Waals surface area contributed by atoms with Gasteiger partial charge in [0.05, 0.1) is 10.6 Å². The van der Waals surface area contributed by atoms with Crippen LogP contribution in [0.15, 0.2) is 94.3 Å². The summed E-state index contributed by atoms with van der Waals surface area (Å²) < 4.78 is 29.3. The van der Waals surface area contributed by atoms with E-state index in [1.165, 1.54) is 17.0 Å². The highest BCUT2D eigenvalue weighted by atomic mass is 79.9. The van der Waals surface area contributed by atoms with E-state index in [1.807, 2.05) is 44.2 Å². The maximum absolute atomic E-state index is 13.9. The molecule has 0 heterocycles. The number of nitrogens with one attached hydrogen (secondary N) is 1. The molecular formula is C28H32BrN3O4S. The number of carbonyl (C=O) groups excluding carboxylic acids is 2. The average molecular weight is 587 g/mol. The van der Waals surface area contributed by atoms with Crippen LogP contribution >= 0.6 is 15.9 Å². The number of hydrogen-bond acceptors (Lipinski definition) is 4. The predicted octanol–water partition coefficient (Wildman–Crippen LogP) is 4.98. The first-order valence-electron chi connectivity index (χ1n) is 12.2. The van der Waals surface area contributed by atoms with Crippen LogP contribution in [0, 0.1) is 0 Å². The summed E-state index contributed by atoms with van der Waals surface area (Å²) in [6.07, 6.45) is 1.15. The molecule has 37 heavy (non-hydrogen) atoms. The van der Waals surface area contributed by atoms with Gasteiger partial charge in [0.15, 0.2) is 0 Å². The molecular weight excluding hydrogens is 554 g/mol. The third kappa shape index (κ3) is 7.42. The van der Waals surface area contributed by atoms with Gasteiger partial charge in [-0.05, 0) is 48.7 Å². The first kappa shape index (κ1) is 28.4. The van der Waals surface area contributed by atoms with E-state index in [1.54, 1.807) is 42.5 Å². The van der Waals surface area contributed by atoms with Crippen molar-refractivity contribution in [1.29, 1.82) is 0 Å². The fourth-order valence-electron chi connectivity index (χ4n) is 3.95. The van der Waals surface area contributed by atoms with E-state index < -0.39 is 28.5 Å². The predicted molar refractivity (Wildman–Crippen MR) is 149 cm³/mol. The molecule has 3 rings (SSSR count). The molecule has 0 aliphatic rings. The minimum Gasteiger partial charge on any atom is -0.354 e. The van der Waals surface area contributed by atoms with Crippen molar-refractivity contribution in [2.24, 2.45) is 0 Å². The Balaban J connectivity index is 2.03. The lowest BCUT2D eigenvalue weighted by Gasteiger charge is -2.33. The van der Waals surface area contributed by atoms with E-state index in [0.29, 0.717) is 23.1 Å². The second kappa shape index (κ2) is 13.4. The number of rotatable bonds is 12. The van der Waals surface area contributed by atoms with Gasteiger partial charge in [-0.2, -0.15) is 0 Å². The zero-order valence-corrected chi connectivity index (χ0v) is 23.4. The molecule has 0 saturated heterocycles. The van der Waals surface area contributed by atoms with E-state index in [0.717, 1.165) is 16.3 Å². The lowest BCUT2D eigenvalue weighted by Crippen LogP contribution is -2.52. The number of carbonyl (C=O) groups is 2. The molecule has 7 nitrogen and oxygen atoms in total. The van der Waals surface area contributed by atoms with Gasteiger partial charge in [0.25, 0.3) is 10.0 Å². The van der Waals surface area contributed by atoms with Crippen molar-refractivity contribution >= 4 is 43.5 Å². The molecule has 3 aromatic rings. The molecule has 0 radical (unpaired) electrons. The fourth-order valence-corrected chi connectivity index (χ4v) is 5.76. The van der Waals surface area contributed by atoms with Gasteiger partial charge in [-0.1, -0.05) is 84.4 Å². The molecule has 0 bridgehead atoms. The van der Waals surface area contributed by atoms with Crippen LogP contribution in [-0.4, -0.2) is 44.3 Å². The van der Waals surface area contributed by atoms with E-state index in [4.69, 9.17) is 0 Å². The Labute approximate surface area is 227 Å². The van der Waals surface area contributed by atoms with Gasteiger partial charge >= 0.3 is 0 Å².